The minimum Gasteiger partial charge on any atom is -0.289 e. The van der Waals surface area contributed by atoms with Gasteiger partial charge in [-0.25, -0.2) is 0 Å². The lowest BCUT2D eigenvalue weighted by molar-refractivity contribution is 0.103. The van der Waals surface area contributed by atoms with Crippen LogP contribution in [0.5, 0.6) is 0 Å². The molecule has 4 aromatic carbocycles. The molecule has 0 aromatic heterocycles. The summed E-state index contributed by atoms with van der Waals surface area (Å²) in [6, 6.07) is 28.9. The van der Waals surface area contributed by atoms with Gasteiger partial charge in [-0.2, -0.15) is 0 Å². The van der Waals surface area contributed by atoms with E-state index in [0.717, 1.165) is 19.6 Å². The Hall–Kier alpha value is -2.83. The van der Waals surface area contributed by atoms with Crippen molar-refractivity contribution < 1.29 is 14.4 Å². The maximum atomic E-state index is 12.9. The van der Waals surface area contributed by atoms with Crippen molar-refractivity contribution >= 4 is 63.0 Å². The molecule has 3 nitrogen and oxygen atoms in total. The highest BCUT2D eigenvalue weighted by Crippen LogP contribution is 2.30. The Morgan fingerprint density at radius 2 is 0.647 bits per heavy atom. The molecule has 0 bridgehead atoms. The third-order valence-electron chi connectivity index (χ3n) is 4.87. The molecule has 0 aliphatic carbocycles. The van der Waals surface area contributed by atoms with E-state index in [0.29, 0.717) is 22.3 Å². The van der Waals surface area contributed by atoms with Gasteiger partial charge in [-0.3, -0.25) is 14.4 Å². The molecule has 4 rings (SSSR count). The fraction of sp³-hybridized carbons (Fsp3) is 0. The first-order chi connectivity index (χ1) is 16.4. The maximum absolute atomic E-state index is 12.9. The van der Waals surface area contributed by atoms with Crippen LogP contribution in [0.2, 0.25) is 0 Å². The van der Waals surface area contributed by atoms with Gasteiger partial charge < -0.3 is 0 Å². The quantitative estimate of drug-likeness (QED) is 0.173. The van der Waals surface area contributed by atoms with E-state index in [-0.39, 0.29) is 5.78 Å². The summed E-state index contributed by atoms with van der Waals surface area (Å²) >= 11 is 14.0. The van der Waals surface area contributed by atoms with E-state index in [2.05, 4.69) is 0 Å². The Morgan fingerprint density at radius 3 is 0.882 bits per heavy atom. The largest absolute Gasteiger partial charge is 0.289 e. The average molecular weight is 523 g/mol. The van der Waals surface area contributed by atoms with Gasteiger partial charge in [0.1, 0.15) is 0 Å². The van der Waals surface area contributed by atoms with Crippen LogP contribution in [-0.2, 0) is 0 Å². The van der Waals surface area contributed by atoms with Gasteiger partial charge in [0, 0.05) is 41.8 Å². The number of carbonyl (C=O) groups excluding carboxylic acids is 3. The highest BCUT2D eigenvalue weighted by Gasteiger charge is 2.10. The molecule has 0 atom stereocenters. The van der Waals surface area contributed by atoms with Gasteiger partial charge in [-0.05, 0) is 120 Å². The summed E-state index contributed by atoms with van der Waals surface area (Å²) in [4.78, 5) is 39.1. The van der Waals surface area contributed by atoms with Crippen molar-refractivity contribution in [2.75, 3.05) is 0 Å². The van der Waals surface area contributed by atoms with E-state index in [1.54, 1.807) is 24.3 Å². The Labute approximate surface area is 215 Å². The molecule has 0 spiro atoms. The molecule has 34 heavy (non-hydrogen) atoms. The summed E-state index contributed by atoms with van der Waals surface area (Å²) in [5, 5.41) is -0.964. The normalized spacial score (nSPS) is 10.6. The van der Waals surface area contributed by atoms with Gasteiger partial charge in [0.2, 0.25) is 0 Å². The van der Waals surface area contributed by atoms with Crippen LogP contribution in [-0.4, -0.2) is 16.3 Å². The summed E-state index contributed by atoms with van der Waals surface area (Å²) in [6.45, 7) is 0. The molecule has 0 fully saturated rings. The topological polar surface area (TPSA) is 51.2 Å². The van der Waals surface area contributed by atoms with Crippen LogP contribution in [0.25, 0.3) is 0 Å². The molecule has 0 N–H and O–H groups in total. The Morgan fingerprint density at radius 1 is 0.412 bits per heavy atom. The zero-order valence-electron chi connectivity index (χ0n) is 17.5. The van der Waals surface area contributed by atoms with E-state index in [9.17, 15) is 14.4 Å². The lowest BCUT2D eigenvalue weighted by Gasteiger charge is -2.06. The highest BCUT2D eigenvalue weighted by molar-refractivity contribution is 7.99. The summed E-state index contributed by atoms with van der Waals surface area (Å²) in [5.41, 5.74) is 2.12. The molecule has 0 unspecified atom stereocenters. The van der Waals surface area contributed by atoms with Crippen LogP contribution >= 0.6 is 46.7 Å². The standard InChI is InChI=1S/C27H16Cl2O3S2/c28-26(31)19-5-13-23(14-6-19)33-21-9-1-17(2-10-21)25(30)18-3-11-22(12-4-18)34-24-15-7-20(8-16-24)27(29)32/h1-16H. The first-order valence-electron chi connectivity index (χ1n) is 10.1. The van der Waals surface area contributed by atoms with Gasteiger partial charge in [-0.1, -0.05) is 23.5 Å². The molecular formula is C27H16Cl2O3S2. The number of carbonyl (C=O) groups is 3. The Bertz CT molecular complexity index is 1230. The molecule has 0 aliphatic heterocycles. The van der Waals surface area contributed by atoms with Crippen LogP contribution in [0, 0.1) is 0 Å². The summed E-state index contributed by atoms with van der Waals surface area (Å²) in [7, 11) is 0. The summed E-state index contributed by atoms with van der Waals surface area (Å²) < 4.78 is 0. The smallest absolute Gasteiger partial charge is 0.252 e. The van der Waals surface area contributed by atoms with Crippen molar-refractivity contribution in [3.05, 3.63) is 119 Å². The highest BCUT2D eigenvalue weighted by atomic mass is 35.5. The predicted molar refractivity (Wildman–Crippen MR) is 138 cm³/mol. The Balaban J connectivity index is 1.39. The van der Waals surface area contributed by atoms with Crippen molar-refractivity contribution in [3.8, 4) is 0 Å². The monoisotopic (exact) mass is 522 g/mol. The van der Waals surface area contributed by atoms with Crippen LogP contribution < -0.4 is 0 Å². The van der Waals surface area contributed by atoms with Crippen LogP contribution in [0.15, 0.2) is 117 Å². The zero-order chi connectivity index (χ0) is 24.1. The maximum Gasteiger partial charge on any atom is 0.252 e. The van der Waals surface area contributed by atoms with Crippen molar-refractivity contribution in [1.29, 1.82) is 0 Å². The van der Waals surface area contributed by atoms with Gasteiger partial charge in [0.25, 0.3) is 10.5 Å². The van der Waals surface area contributed by atoms with Crippen molar-refractivity contribution in [1.82, 2.24) is 0 Å². The number of rotatable bonds is 8. The molecule has 0 heterocycles. The second-order valence-electron chi connectivity index (χ2n) is 7.18. The van der Waals surface area contributed by atoms with E-state index in [1.165, 1.54) is 23.5 Å². The molecule has 0 radical (unpaired) electrons. The van der Waals surface area contributed by atoms with Gasteiger partial charge >= 0.3 is 0 Å². The van der Waals surface area contributed by atoms with Crippen molar-refractivity contribution in [3.63, 3.8) is 0 Å². The molecular weight excluding hydrogens is 507 g/mol. The lowest BCUT2D eigenvalue weighted by atomic mass is 10.0. The second-order valence-corrected chi connectivity index (χ2v) is 10.2. The summed E-state index contributed by atoms with van der Waals surface area (Å²) in [6.07, 6.45) is 0. The molecule has 168 valence electrons. The van der Waals surface area contributed by atoms with Crippen LogP contribution in [0.4, 0.5) is 0 Å². The Kier molecular flexibility index (Phi) is 7.91. The number of hydrogen-bond donors (Lipinski definition) is 0. The first kappa shape index (κ1) is 24.3. The molecule has 4 aromatic rings. The summed E-state index contributed by atoms with van der Waals surface area (Å²) in [5.74, 6) is -0.0527. The number of halogens is 2. The number of benzene rings is 4. The van der Waals surface area contributed by atoms with Crippen LogP contribution in [0.3, 0.4) is 0 Å². The van der Waals surface area contributed by atoms with Crippen LogP contribution in [0.1, 0.15) is 36.6 Å². The van der Waals surface area contributed by atoms with Crippen molar-refractivity contribution in [2.45, 2.75) is 19.6 Å². The molecule has 0 aliphatic rings. The minimum atomic E-state index is -0.482. The second kappa shape index (κ2) is 11.1. The number of hydrogen-bond acceptors (Lipinski definition) is 5. The lowest BCUT2D eigenvalue weighted by Crippen LogP contribution is -2.00. The van der Waals surface area contributed by atoms with Crippen molar-refractivity contribution in [2.24, 2.45) is 0 Å². The van der Waals surface area contributed by atoms with Gasteiger partial charge in [-0.15, -0.1) is 0 Å². The zero-order valence-corrected chi connectivity index (χ0v) is 20.7. The SMILES string of the molecule is O=C(Cl)c1ccc(Sc2ccc(C(=O)c3ccc(Sc4ccc(C(=O)Cl)cc4)cc3)cc2)cc1. The molecule has 0 saturated carbocycles. The van der Waals surface area contributed by atoms with E-state index in [1.807, 2.05) is 72.8 Å². The minimum absolute atomic E-state index is 0.0527. The average Bonchev–Trinajstić information content (AvgIpc) is 2.85. The third-order valence-corrected chi connectivity index (χ3v) is 7.33. The van der Waals surface area contributed by atoms with E-state index >= 15 is 0 Å². The molecule has 0 amide bonds. The molecule has 0 saturated heterocycles. The van der Waals surface area contributed by atoms with Gasteiger partial charge in [0.05, 0.1) is 0 Å². The first-order valence-corrected chi connectivity index (χ1v) is 12.5. The number of ketones is 1. The molecule has 7 heteroatoms. The fourth-order valence-electron chi connectivity index (χ4n) is 3.10. The predicted octanol–water partition coefficient (Wildman–Crippen LogP) is 7.98. The van der Waals surface area contributed by atoms with E-state index < -0.39 is 10.5 Å². The third kappa shape index (κ3) is 6.19. The van der Waals surface area contributed by atoms with Gasteiger partial charge in [0.15, 0.2) is 5.78 Å². The fourth-order valence-corrected chi connectivity index (χ4v) is 4.98. The van der Waals surface area contributed by atoms with E-state index in [4.69, 9.17) is 23.2 Å².